The van der Waals surface area contributed by atoms with Gasteiger partial charge in [0.05, 0.1) is 6.42 Å². The molecule has 1 amide bonds. The monoisotopic (exact) mass is 260 g/mol. The molecule has 5 nitrogen and oxygen atoms in total. The van der Waals surface area contributed by atoms with Crippen LogP contribution in [0.5, 0.6) is 0 Å². The summed E-state index contributed by atoms with van der Waals surface area (Å²) in [4.78, 5) is 25.9. The van der Waals surface area contributed by atoms with Gasteiger partial charge in [0.1, 0.15) is 0 Å². The average molecular weight is 260 g/mol. The number of aliphatic carboxylic acids is 1. The zero-order chi connectivity index (χ0) is 12.8. The molecule has 1 aliphatic heterocycles. The second-order valence-electron chi connectivity index (χ2n) is 4.40. The lowest BCUT2D eigenvalue weighted by Crippen LogP contribution is -2.45. The minimum Gasteiger partial charge on any atom is -0.481 e. The first-order valence-corrected chi connectivity index (χ1v) is 6.90. The second kappa shape index (κ2) is 6.86. The SMILES string of the molecule is CN(C)C(=O)CCN1CCSCC1CC(=O)O. The molecule has 0 aromatic rings. The Bertz CT molecular complexity index is 284. The van der Waals surface area contributed by atoms with Crippen LogP contribution in [0.15, 0.2) is 0 Å². The van der Waals surface area contributed by atoms with Crippen molar-refractivity contribution in [2.75, 3.05) is 38.7 Å². The first-order valence-electron chi connectivity index (χ1n) is 5.74. The van der Waals surface area contributed by atoms with Crippen LogP contribution in [0.2, 0.25) is 0 Å². The first-order chi connectivity index (χ1) is 8.00. The summed E-state index contributed by atoms with van der Waals surface area (Å²) < 4.78 is 0. The molecule has 0 aromatic carbocycles. The number of carboxylic acids is 1. The van der Waals surface area contributed by atoms with E-state index in [9.17, 15) is 9.59 Å². The first kappa shape index (κ1) is 14.3. The van der Waals surface area contributed by atoms with Crippen molar-refractivity contribution in [3.63, 3.8) is 0 Å². The van der Waals surface area contributed by atoms with E-state index in [1.165, 1.54) is 0 Å². The fourth-order valence-corrected chi connectivity index (χ4v) is 2.97. The number of carbonyl (C=O) groups excluding carboxylic acids is 1. The van der Waals surface area contributed by atoms with Crippen LogP contribution in [0.4, 0.5) is 0 Å². The number of rotatable bonds is 5. The van der Waals surface area contributed by atoms with Crippen LogP contribution < -0.4 is 0 Å². The lowest BCUT2D eigenvalue weighted by Gasteiger charge is -2.34. The molecule has 1 fully saturated rings. The van der Waals surface area contributed by atoms with E-state index < -0.39 is 5.97 Å². The van der Waals surface area contributed by atoms with Crippen molar-refractivity contribution in [1.82, 2.24) is 9.80 Å². The molecule has 0 radical (unpaired) electrons. The van der Waals surface area contributed by atoms with Gasteiger partial charge in [-0.1, -0.05) is 0 Å². The smallest absolute Gasteiger partial charge is 0.304 e. The summed E-state index contributed by atoms with van der Waals surface area (Å²) in [6, 6.07) is 0.0706. The van der Waals surface area contributed by atoms with E-state index in [-0.39, 0.29) is 18.4 Å². The summed E-state index contributed by atoms with van der Waals surface area (Å²) in [5.74, 6) is 1.20. The topological polar surface area (TPSA) is 60.9 Å². The Hall–Kier alpha value is -0.750. The fourth-order valence-electron chi connectivity index (χ4n) is 1.84. The number of hydrogen-bond donors (Lipinski definition) is 1. The Morgan fingerprint density at radius 1 is 1.47 bits per heavy atom. The number of thioether (sulfide) groups is 1. The number of hydrogen-bond acceptors (Lipinski definition) is 4. The van der Waals surface area contributed by atoms with E-state index in [2.05, 4.69) is 4.90 Å². The molecule has 0 bridgehead atoms. The summed E-state index contributed by atoms with van der Waals surface area (Å²) in [7, 11) is 3.48. The van der Waals surface area contributed by atoms with Gasteiger partial charge >= 0.3 is 5.97 Å². The molecule has 6 heteroatoms. The van der Waals surface area contributed by atoms with Gasteiger partial charge in [-0.15, -0.1) is 0 Å². The van der Waals surface area contributed by atoms with Gasteiger partial charge in [0.15, 0.2) is 0 Å². The van der Waals surface area contributed by atoms with Gasteiger partial charge < -0.3 is 10.0 Å². The summed E-state index contributed by atoms with van der Waals surface area (Å²) in [6.07, 6.45) is 0.636. The van der Waals surface area contributed by atoms with Crippen LogP contribution in [0.25, 0.3) is 0 Å². The van der Waals surface area contributed by atoms with Gasteiger partial charge in [0.2, 0.25) is 5.91 Å². The predicted octanol–water partition coefficient (Wildman–Crippen LogP) is 0.357. The van der Waals surface area contributed by atoms with E-state index in [0.29, 0.717) is 13.0 Å². The predicted molar refractivity (Wildman–Crippen MR) is 68.2 cm³/mol. The molecule has 0 saturated carbocycles. The minimum absolute atomic E-state index is 0.0706. The highest BCUT2D eigenvalue weighted by molar-refractivity contribution is 7.99. The summed E-state index contributed by atoms with van der Waals surface area (Å²) in [5.41, 5.74) is 0. The Kier molecular flexibility index (Phi) is 5.77. The second-order valence-corrected chi connectivity index (χ2v) is 5.55. The zero-order valence-corrected chi connectivity index (χ0v) is 11.2. The molecule has 98 valence electrons. The molecular formula is C11H20N2O3S. The van der Waals surface area contributed by atoms with Gasteiger partial charge in [0, 0.05) is 51.2 Å². The summed E-state index contributed by atoms with van der Waals surface area (Å²) in [6.45, 7) is 1.54. The van der Waals surface area contributed by atoms with Crippen LogP contribution >= 0.6 is 11.8 Å². The molecule has 0 aromatic heterocycles. The van der Waals surface area contributed by atoms with E-state index in [1.807, 2.05) is 0 Å². The largest absolute Gasteiger partial charge is 0.481 e. The number of carboxylic acid groups (broad SMARTS) is 1. The van der Waals surface area contributed by atoms with Crippen molar-refractivity contribution in [2.45, 2.75) is 18.9 Å². The van der Waals surface area contributed by atoms with Crippen LogP contribution in [0.1, 0.15) is 12.8 Å². The maximum Gasteiger partial charge on any atom is 0.304 e. The molecule has 1 unspecified atom stereocenters. The highest BCUT2D eigenvalue weighted by atomic mass is 32.2. The molecule has 1 rings (SSSR count). The van der Waals surface area contributed by atoms with Crippen molar-refractivity contribution >= 4 is 23.6 Å². The standard InChI is InChI=1S/C11H20N2O3S/c1-12(2)10(14)3-4-13-5-6-17-8-9(13)7-11(15)16/h9H,3-8H2,1-2H3,(H,15,16). The quantitative estimate of drug-likeness (QED) is 0.773. The van der Waals surface area contributed by atoms with Gasteiger partial charge in [-0.3, -0.25) is 14.5 Å². The zero-order valence-electron chi connectivity index (χ0n) is 10.4. The van der Waals surface area contributed by atoms with Crippen LogP contribution in [-0.4, -0.2) is 71.5 Å². The van der Waals surface area contributed by atoms with Crippen molar-refractivity contribution < 1.29 is 14.7 Å². The Balaban J connectivity index is 2.42. The van der Waals surface area contributed by atoms with Crippen LogP contribution in [-0.2, 0) is 9.59 Å². The Morgan fingerprint density at radius 3 is 2.76 bits per heavy atom. The molecule has 1 saturated heterocycles. The third-order valence-corrected chi connectivity index (χ3v) is 3.96. The van der Waals surface area contributed by atoms with Crippen molar-refractivity contribution in [3.8, 4) is 0 Å². The van der Waals surface area contributed by atoms with Crippen LogP contribution in [0.3, 0.4) is 0 Å². The van der Waals surface area contributed by atoms with E-state index in [1.54, 1.807) is 30.8 Å². The number of carbonyl (C=O) groups is 2. The third kappa shape index (κ3) is 4.95. The van der Waals surface area contributed by atoms with Gasteiger partial charge in [-0.05, 0) is 0 Å². The molecule has 0 aliphatic carbocycles. The highest BCUT2D eigenvalue weighted by Crippen LogP contribution is 2.19. The summed E-state index contributed by atoms with van der Waals surface area (Å²) >= 11 is 1.79. The van der Waals surface area contributed by atoms with E-state index in [4.69, 9.17) is 5.11 Å². The molecule has 1 N–H and O–H groups in total. The van der Waals surface area contributed by atoms with Gasteiger partial charge in [-0.2, -0.15) is 11.8 Å². The number of nitrogens with zero attached hydrogens (tertiary/aromatic N) is 2. The molecule has 1 aliphatic rings. The fraction of sp³-hybridized carbons (Fsp3) is 0.818. The minimum atomic E-state index is -0.763. The molecule has 0 spiro atoms. The van der Waals surface area contributed by atoms with E-state index in [0.717, 1.165) is 18.1 Å². The molecular weight excluding hydrogens is 240 g/mol. The molecule has 1 heterocycles. The van der Waals surface area contributed by atoms with Crippen molar-refractivity contribution in [2.24, 2.45) is 0 Å². The normalized spacial score (nSPS) is 21.2. The maximum atomic E-state index is 11.5. The average Bonchev–Trinajstić information content (AvgIpc) is 2.26. The number of amides is 1. The van der Waals surface area contributed by atoms with Crippen molar-refractivity contribution in [1.29, 1.82) is 0 Å². The van der Waals surface area contributed by atoms with Gasteiger partial charge in [0.25, 0.3) is 0 Å². The lowest BCUT2D eigenvalue weighted by atomic mass is 10.2. The Morgan fingerprint density at radius 2 is 2.18 bits per heavy atom. The van der Waals surface area contributed by atoms with Gasteiger partial charge in [-0.25, -0.2) is 0 Å². The van der Waals surface area contributed by atoms with Crippen LogP contribution in [0, 0.1) is 0 Å². The highest BCUT2D eigenvalue weighted by Gasteiger charge is 2.25. The summed E-state index contributed by atoms with van der Waals surface area (Å²) in [5, 5.41) is 8.84. The Labute approximate surface area is 106 Å². The third-order valence-electron chi connectivity index (χ3n) is 2.87. The van der Waals surface area contributed by atoms with Crippen molar-refractivity contribution in [3.05, 3.63) is 0 Å². The van der Waals surface area contributed by atoms with E-state index >= 15 is 0 Å². The lowest BCUT2D eigenvalue weighted by molar-refractivity contribution is -0.138. The molecule has 1 atom stereocenters. The maximum absolute atomic E-state index is 11.5. The molecule has 17 heavy (non-hydrogen) atoms.